The zero-order chi connectivity index (χ0) is 14.2. The monoisotopic (exact) mass is 271 g/mol. The minimum atomic E-state index is 0.651. The van der Waals surface area contributed by atoms with Gasteiger partial charge in [-0.25, -0.2) is 0 Å². The van der Waals surface area contributed by atoms with E-state index in [1.807, 2.05) is 0 Å². The standard InChI is InChI=1S/C19H29N/c1-3-4-5-6-7-8-9-12-16(2)19-15-17-13-10-11-14-18(17)20-19/h10-11,13-16,20H,3-9,12H2,1-2H3. The normalized spacial score (nSPS) is 12.9. The molecule has 0 saturated heterocycles. The summed E-state index contributed by atoms with van der Waals surface area (Å²) in [6, 6.07) is 10.9. The van der Waals surface area contributed by atoms with Crippen LogP contribution in [0.1, 0.15) is 76.8 Å². The van der Waals surface area contributed by atoms with Crippen molar-refractivity contribution in [2.45, 2.75) is 71.1 Å². The zero-order valence-electron chi connectivity index (χ0n) is 13.1. The molecule has 0 aliphatic carbocycles. The van der Waals surface area contributed by atoms with Gasteiger partial charge in [-0.3, -0.25) is 0 Å². The lowest BCUT2D eigenvalue weighted by atomic mass is 9.99. The third-order valence-electron chi connectivity index (χ3n) is 4.32. The van der Waals surface area contributed by atoms with E-state index in [0.29, 0.717) is 5.92 Å². The molecule has 1 unspecified atom stereocenters. The van der Waals surface area contributed by atoms with Gasteiger partial charge >= 0.3 is 0 Å². The van der Waals surface area contributed by atoms with E-state index in [0.717, 1.165) is 0 Å². The van der Waals surface area contributed by atoms with Gasteiger partial charge in [0.05, 0.1) is 0 Å². The van der Waals surface area contributed by atoms with Crippen LogP contribution in [0.5, 0.6) is 0 Å². The minimum Gasteiger partial charge on any atom is -0.358 e. The molecule has 1 aromatic carbocycles. The van der Waals surface area contributed by atoms with E-state index in [9.17, 15) is 0 Å². The molecular weight excluding hydrogens is 242 g/mol. The van der Waals surface area contributed by atoms with Gasteiger partial charge in [0.15, 0.2) is 0 Å². The van der Waals surface area contributed by atoms with Crippen LogP contribution in [0.4, 0.5) is 0 Å². The second-order valence-corrected chi connectivity index (χ2v) is 6.12. The number of H-pyrrole nitrogens is 1. The predicted molar refractivity (Wildman–Crippen MR) is 89.3 cm³/mol. The third-order valence-corrected chi connectivity index (χ3v) is 4.32. The zero-order valence-corrected chi connectivity index (χ0v) is 13.1. The Kier molecular flexibility index (Phi) is 6.17. The molecule has 2 rings (SSSR count). The summed E-state index contributed by atoms with van der Waals surface area (Å²) < 4.78 is 0. The molecule has 0 fully saturated rings. The molecule has 1 atom stereocenters. The third kappa shape index (κ3) is 4.40. The Morgan fingerprint density at radius 2 is 1.65 bits per heavy atom. The maximum absolute atomic E-state index is 3.56. The molecule has 0 bridgehead atoms. The second-order valence-electron chi connectivity index (χ2n) is 6.12. The van der Waals surface area contributed by atoms with Crippen molar-refractivity contribution in [1.29, 1.82) is 0 Å². The van der Waals surface area contributed by atoms with Crippen molar-refractivity contribution in [3.63, 3.8) is 0 Å². The molecule has 20 heavy (non-hydrogen) atoms. The summed E-state index contributed by atoms with van der Waals surface area (Å²) in [5.74, 6) is 0.651. The van der Waals surface area contributed by atoms with E-state index in [1.54, 1.807) is 0 Å². The Bertz CT molecular complexity index is 464. The molecule has 1 aromatic heterocycles. The Balaban J connectivity index is 1.70. The first-order chi connectivity index (χ1) is 9.81. The van der Waals surface area contributed by atoms with Crippen LogP contribution in [0.3, 0.4) is 0 Å². The van der Waals surface area contributed by atoms with Gasteiger partial charge in [0, 0.05) is 11.2 Å². The minimum absolute atomic E-state index is 0.651. The lowest BCUT2D eigenvalue weighted by molar-refractivity contribution is 0.546. The van der Waals surface area contributed by atoms with E-state index >= 15 is 0 Å². The first kappa shape index (κ1) is 15.2. The molecule has 1 N–H and O–H groups in total. The van der Waals surface area contributed by atoms with Crippen LogP contribution < -0.4 is 0 Å². The molecule has 0 radical (unpaired) electrons. The number of unbranched alkanes of at least 4 members (excludes halogenated alkanes) is 6. The fourth-order valence-electron chi connectivity index (χ4n) is 2.92. The highest BCUT2D eigenvalue weighted by Gasteiger charge is 2.08. The Morgan fingerprint density at radius 1 is 0.950 bits per heavy atom. The Hall–Kier alpha value is -1.24. The Morgan fingerprint density at radius 3 is 2.40 bits per heavy atom. The molecule has 0 saturated carbocycles. The van der Waals surface area contributed by atoms with Gasteiger partial charge in [0.2, 0.25) is 0 Å². The number of fused-ring (bicyclic) bond motifs is 1. The largest absolute Gasteiger partial charge is 0.358 e. The highest BCUT2D eigenvalue weighted by atomic mass is 14.7. The van der Waals surface area contributed by atoms with Crippen molar-refractivity contribution in [2.75, 3.05) is 0 Å². The smallest absolute Gasteiger partial charge is 0.0456 e. The maximum atomic E-state index is 3.56. The molecule has 1 heterocycles. The van der Waals surface area contributed by atoms with Crippen LogP contribution in [0.15, 0.2) is 30.3 Å². The summed E-state index contributed by atoms with van der Waals surface area (Å²) in [6.07, 6.45) is 11.1. The lowest BCUT2D eigenvalue weighted by Gasteiger charge is -2.09. The van der Waals surface area contributed by atoms with E-state index in [-0.39, 0.29) is 0 Å². The summed E-state index contributed by atoms with van der Waals surface area (Å²) in [5.41, 5.74) is 2.67. The molecule has 1 nitrogen and oxygen atoms in total. The number of aromatic nitrogens is 1. The van der Waals surface area contributed by atoms with E-state index in [4.69, 9.17) is 0 Å². The average Bonchev–Trinajstić information content (AvgIpc) is 2.90. The number of aromatic amines is 1. The lowest BCUT2D eigenvalue weighted by Crippen LogP contribution is -1.94. The summed E-state index contributed by atoms with van der Waals surface area (Å²) in [5, 5.41) is 1.34. The van der Waals surface area contributed by atoms with Crippen LogP contribution in [0.25, 0.3) is 10.9 Å². The molecule has 1 heteroatoms. The number of hydrogen-bond donors (Lipinski definition) is 1. The molecule has 0 aliphatic rings. The van der Waals surface area contributed by atoms with E-state index < -0.39 is 0 Å². The molecule has 110 valence electrons. The quantitative estimate of drug-likeness (QED) is 0.507. The van der Waals surface area contributed by atoms with Crippen LogP contribution in [-0.2, 0) is 0 Å². The van der Waals surface area contributed by atoms with Gasteiger partial charge in [-0.2, -0.15) is 0 Å². The van der Waals surface area contributed by atoms with Crippen molar-refractivity contribution in [1.82, 2.24) is 4.98 Å². The van der Waals surface area contributed by atoms with E-state index in [2.05, 4.69) is 49.2 Å². The van der Waals surface area contributed by atoms with Gasteiger partial charge in [-0.1, -0.05) is 77.0 Å². The van der Waals surface area contributed by atoms with Crippen molar-refractivity contribution < 1.29 is 0 Å². The van der Waals surface area contributed by atoms with Gasteiger partial charge in [0.1, 0.15) is 0 Å². The second kappa shape index (κ2) is 8.14. The highest BCUT2D eigenvalue weighted by molar-refractivity contribution is 5.80. The van der Waals surface area contributed by atoms with Gasteiger partial charge < -0.3 is 4.98 Å². The summed E-state index contributed by atoms with van der Waals surface area (Å²) in [7, 11) is 0. The van der Waals surface area contributed by atoms with Crippen molar-refractivity contribution in [2.24, 2.45) is 0 Å². The van der Waals surface area contributed by atoms with Crippen molar-refractivity contribution >= 4 is 10.9 Å². The first-order valence-electron chi connectivity index (χ1n) is 8.39. The van der Waals surface area contributed by atoms with Gasteiger partial charge in [-0.05, 0) is 29.9 Å². The van der Waals surface area contributed by atoms with E-state index in [1.165, 1.54) is 68.0 Å². The van der Waals surface area contributed by atoms with Crippen molar-refractivity contribution in [3.05, 3.63) is 36.0 Å². The fraction of sp³-hybridized carbons (Fsp3) is 0.579. The van der Waals surface area contributed by atoms with Crippen molar-refractivity contribution in [3.8, 4) is 0 Å². The SMILES string of the molecule is CCCCCCCCCC(C)c1cc2ccccc2[nH]1. The number of para-hydroxylation sites is 1. The van der Waals surface area contributed by atoms with Crippen LogP contribution in [0, 0.1) is 0 Å². The average molecular weight is 271 g/mol. The summed E-state index contributed by atoms with van der Waals surface area (Å²) >= 11 is 0. The first-order valence-corrected chi connectivity index (χ1v) is 8.39. The number of rotatable bonds is 9. The van der Waals surface area contributed by atoms with Crippen LogP contribution >= 0.6 is 0 Å². The molecule has 0 amide bonds. The number of nitrogens with one attached hydrogen (secondary N) is 1. The van der Waals surface area contributed by atoms with Crippen LogP contribution in [-0.4, -0.2) is 4.98 Å². The fourth-order valence-corrected chi connectivity index (χ4v) is 2.92. The molecular formula is C19H29N. The Labute approximate surface area is 123 Å². The van der Waals surface area contributed by atoms with Gasteiger partial charge in [-0.15, -0.1) is 0 Å². The predicted octanol–water partition coefficient (Wildman–Crippen LogP) is 6.41. The number of benzene rings is 1. The molecule has 0 aliphatic heterocycles. The maximum Gasteiger partial charge on any atom is 0.0456 e. The van der Waals surface area contributed by atoms with Crippen LogP contribution in [0.2, 0.25) is 0 Å². The highest BCUT2D eigenvalue weighted by Crippen LogP contribution is 2.25. The summed E-state index contributed by atoms with van der Waals surface area (Å²) in [4.78, 5) is 3.56. The molecule has 2 aromatic rings. The molecule has 0 spiro atoms. The van der Waals surface area contributed by atoms with Gasteiger partial charge in [0.25, 0.3) is 0 Å². The number of hydrogen-bond acceptors (Lipinski definition) is 0. The topological polar surface area (TPSA) is 15.8 Å². The summed E-state index contributed by atoms with van der Waals surface area (Å²) in [6.45, 7) is 4.63.